The Morgan fingerprint density at radius 1 is 1.03 bits per heavy atom. The third-order valence-corrected chi connectivity index (χ3v) is 12.8. The van der Waals surface area contributed by atoms with Gasteiger partial charge in [-0.05, 0) is 80.1 Å². The number of carboxylic acid groups (broad SMARTS) is 1. The second-order valence-electron chi connectivity index (χ2n) is 14.2. The minimum Gasteiger partial charge on any atom is -0.481 e. The van der Waals surface area contributed by atoms with Crippen LogP contribution in [0.1, 0.15) is 87.0 Å². The molecule has 194 valence electrons. The maximum absolute atomic E-state index is 12.8. The van der Waals surface area contributed by atoms with Crippen molar-refractivity contribution in [3.63, 3.8) is 0 Å². The van der Waals surface area contributed by atoms with Crippen LogP contribution in [0.5, 0.6) is 0 Å². The Morgan fingerprint density at radius 2 is 1.69 bits per heavy atom. The molecule has 3 saturated carbocycles. The quantitative estimate of drug-likeness (QED) is 0.447. The van der Waals surface area contributed by atoms with E-state index in [1.165, 1.54) is 0 Å². The third kappa shape index (κ3) is 2.72. The zero-order valence-electron chi connectivity index (χ0n) is 22.5. The van der Waals surface area contributed by atoms with E-state index < -0.39 is 39.8 Å². The van der Waals surface area contributed by atoms with E-state index in [4.69, 9.17) is 0 Å². The number of hydrogen-bond acceptors (Lipinski definition) is 4. The maximum Gasteiger partial charge on any atom is 0.310 e. The van der Waals surface area contributed by atoms with E-state index in [1.54, 1.807) is 6.08 Å². The molecule has 5 aliphatic carbocycles. The molecule has 0 aromatic carbocycles. The first-order valence-electron chi connectivity index (χ1n) is 13.6. The van der Waals surface area contributed by atoms with Crippen LogP contribution < -0.4 is 0 Å². The van der Waals surface area contributed by atoms with Crippen molar-refractivity contribution in [1.82, 2.24) is 0 Å². The SMILES string of the molecule is C[C@@H]1CC[C@]2(C(=O)O)C[C@H](O)[C@]3(C)C(=CC[C@@H]4[C@@]5(C)C=CC(=O)C(C)(C)[C@@H]5CC[C@]43C)[C@@H]2[C@]1(C)O. The van der Waals surface area contributed by atoms with Gasteiger partial charge < -0.3 is 15.3 Å². The molecular formula is C30H44O5. The van der Waals surface area contributed by atoms with Gasteiger partial charge in [-0.25, -0.2) is 0 Å². The summed E-state index contributed by atoms with van der Waals surface area (Å²) in [5.41, 5.74) is -2.90. The molecular weight excluding hydrogens is 440 g/mol. The summed E-state index contributed by atoms with van der Waals surface area (Å²) in [5, 5.41) is 34.3. The van der Waals surface area contributed by atoms with Crippen LogP contribution in [0.25, 0.3) is 0 Å². The van der Waals surface area contributed by atoms with Gasteiger partial charge in [0.15, 0.2) is 5.78 Å². The molecule has 35 heavy (non-hydrogen) atoms. The van der Waals surface area contributed by atoms with E-state index in [1.807, 2.05) is 13.8 Å². The summed E-state index contributed by atoms with van der Waals surface area (Å²) in [6.45, 7) is 14.7. The van der Waals surface area contributed by atoms with Crippen molar-refractivity contribution < 1.29 is 24.9 Å². The Balaban J connectivity index is 1.71. The van der Waals surface area contributed by atoms with Gasteiger partial charge in [0.25, 0.3) is 0 Å². The molecule has 0 amide bonds. The molecule has 5 nitrogen and oxygen atoms in total. The third-order valence-electron chi connectivity index (χ3n) is 12.8. The summed E-state index contributed by atoms with van der Waals surface area (Å²) in [6.07, 6.45) is 9.15. The van der Waals surface area contributed by atoms with Gasteiger partial charge in [0.05, 0.1) is 17.1 Å². The molecule has 0 saturated heterocycles. The number of aliphatic hydroxyl groups is 2. The molecule has 5 rings (SSSR count). The predicted molar refractivity (Wildman–Crippen MR) is 134 cm³/mol. The van der Waals surface area contributed by atoms with Crippen LogP contribution in [-0.4, -0.2) is 38.8 Å². The number of aliphatic hydroxyl groups excluding tert-OH is 1. The van der Waals surface area contributed by atoms with Crippen molar-refractivity contribution in [1.29, 1.82) is 0 Å². The number of aliphatic carboxylic acids is 1. The van der Waals surface area contributed by atoms with Gasteiger partial charge in [-0.3, -0.25) is 9.59 Å². The highest BCUT2D eigenvalue weighted by Crippen LogP contribution is 2.75. The smallest absolute Gasteiger partial charge is 0.310 e. The van der Waals surface area contributed by atoms with Gasteiger partial charge in [-0.15, -0.1) is 0 Å². The van der Waals surface area contributed by atoms with Crippen LogP contribution in [0.15, 0.2) is 23.8 Å². The number of carboxylic acids is 1. The normalized spacial score (nSPS) is 54.6. The van der Waals surface area contributed by atoms with Crippen LogP contribution in [0.2, 0.25) is 0 Å². The molecule has 5 heteroatoms. The average Bonchev–Trinajstić information content (AvgIpc) is 2.75. The first-order valence-corrected chi connectivity index (χ1v) is 13.6. The van der Waals surface area contributed by atoms with Crippen LogP contribution >= 0.6 is 0 Å². The van der Waals surface area contributed by atoms with Gasteiger partial charge in [0, 0.05) is 16.7 Å². The Bertz CT molecular complexity index is 1040. The number of allylic oxidation sites excluding steroid dienone is 3. The molecule has 0 radical (unpaired) electrons. The van der Waals surface area contributed by atoms with Gasteiger partial charge >= 0.3 is 5.97 Å². The summed E-state index contributed by atoms with van der Waals surface area (Å²) in [6, 6.07) is 0. The molecule has 10 atom stereocenters. The highest BCUT2D eigenvalue weighted by molar-refractivity contribution is 5.95. The Kier molecular flexibility index (Phi) is 5.11. The van der Waals surface area contributed by atoms with Gasteiger partial charge in [0.2, 0.25) is 0 Å². The van der Waals surface area contributed by atoms with Crippen LogP contribution in [0.3, 0.4) is 0 Å². The maximum atomic E-state index is 12.8. The zero-order valence-corrected chi connectivity index (χ0v) is 22.5. The van der Waals surface area contributed by atoms with Crippen LogP contribution in [0.4, 0.5) is 0 Å². The van der Waals surface area contributed by atoms with E-state index in [9.17, 15) is 24.9 Å². The molecule has 0 spiro atoms. The number of fused-ring (bicyclic) bond motifs is 7. The lowest BCUT2D eigenvalue weighted by atomic mass is 9.33. The van der Waals surface area contributed by atoms with E-state index in [2.05, 4.69) is 46.8 Å². The monoisotopic (exact) mass is 484 g/mol. The Morgan fingerprint density at radius 3 is 2.31 bits per heavy atom. The zero-order chi connectivity index (χ0) is 26.0. The molecule has 0 heterocycles. The fourth-order valence-corrected chi connectivity index (χ4v) is 10.2. The number of rotatable bonds is 1. The summed E-state index contributed by atoms with van der Waals surface area (Å²) in [5.74, 6) is -0.807. The largest absolute Gasteiger partial charge is 0.481 e. The molecule has 3 fully saturated rings. The van der Waals surface area contributed by atoms with E-state index in [0.717, 1.165) is 24.8 Å². The number of carbonyl (C=O) groups excluding carboxylic acids is 1. The fraction of sp³-hybridized carbons (Fsp3) is 0.800. The minimum atomic E-state index is -1.16. The molecule has 0 aromatic rings. The summed E-state index contributed by atoms with van der Waals surface area (Å²) in [4.78, 5) is 25.7. The molecule has 3 N–H and O–H groups in total. The van der Waals surface area contributed by atoms with E-state index >= 15 is 0 Å². The van der Waals surface area contributed by atoms with E-state index in [0.29, 0.717) is 12.8 Å². The number of carbonyl (C=O) groups is 2. The molecule has 5 aliphatic rings. The Labute approximate surface area is 210 Å². The van der Waals surface area contributed by atoms with Crippen molar-refractivity contribution in [2.75, 3.05) is 0 Å². The average molecular weight is 485 g/mol. The van der Waals surface area contributed by atoms with Crippen molar-refractivity contribution in [3.8, 4) is 0 Å². The standard InChI is InChI=1S/C30H44O5/c1-17-10-15-30(24(33)34)16-22(32)28(6)18(23(30)29(17,7)35)8-9-20-26(4)13-12-21(31)25(2,3)19(26)11-14-27(20,28)5/h8,12-13,17,19-20,22-23,32,35H,9-11,14-16H2,1-7H3,(H,33,34)/t17-,19+,20-,22+,23-,26+,27-,28+,29-,30+/m1/s1. The first kappa shape index (κ1) is 25.2. The molecule has 0 unspecified atom stereocenters. The fourth-order valence-electron chi connectivity index (χ4n) is 10.2. The molecule has 0 aliphatic heterocycles. The topological polar surface area (TPSA) is 94.8 Å². The second-order valence-corrected chi connectivity index (χ2v) is 14.2. The van der Waals surface area contributed by atoms with E-state index in [-0.39, 0.29) is 40.8 Å². The lowest BCUT2D eigenvalue weighted by molar-refractivity contribution is -0.223. The molecule has 0 bridgehead atoms. The lowest BCUT2D eigenvalue weighted by Gasteiger charge is -2.71. The Hall–Kier alpha value is -1.46. The summed E-state index contributed by atoms with van der Waals surface area (Å²) >= 11 is 0. The highest BCUT2D eigenvalue weighted by atomic mass is 16.4. The van der Waals surface area contributed by atoms with Crippen molar-refractivity contribution in [2.45, 2.75) is 98.7 Å². The van der Waals surface area contributed by atoms with Crippen LogP contribution in [-0.2, 0) is 9.59 Å². The van der Waals surface area contributed by atoms with Gasteiger partial charge in [-0.2, -0.15) is 0 Å². The number of hydrogen-bond donors (Lipinski definition) is 3. The lowest BCUT2D eigenvalue weighted by Crippen LogP contribution is -2.70. The minimum absolute atomic E-state index is 0.0211. The van der Waals surface area contributed by atoms with Crippen LogP contribution in [0, 0.1) is 50.7 Å². The van der Waals surface area contributed by atoms with Gasteiger partial charge in [-0.1, -0.05) is 59.3 Å². The summed E-state index contributed by atoms with van der Waals surface area (Å²) < 4.78 is 0. The summed E-state index contributed by atoms with van der Waals surface area (Å²) in [7, 11) is 0. The first-order chi connectivity index (χ1) is 16.0. The molecule has 0 aromatic heterocycles. The van der Waals surface area contributed by atoms with Crippen molar-refractivity contribution in [2.24, 2.45) is 50.7 Å². The highest BCUT2D eigenvalue weighted by Gasteiger charge is 2.73. The van der Waals surface area contributed by atoms with Gasteiger partial charge in [0.1, 0.15) is 0 Å². The van der Waals surface area contributed by atoms with Crippen molar-refractivity contribution in [3.05, 3.63) is 23.8 Å². The predicted octanol–water partition coefficient (Wildman–Crippen LogP) is 5.16. The van der Waals surface area contributed by atoms with Crippen molar-refractivity contribution >= 4 is 11.8 Å². The second kappa shape index (κ2) is 7.10. The number of ketones is 1.